The summed E-state index contributed by atoms with van der Waals surface area (Å²) in [6.45, 7) is 14.5. The molecule has 3 fully saturated rings. The van der Waals surface area contributed by atoms with E-state index in [1.807, 2.05) is 0 Å². The van der Waals surface area contributed by atoms with Gasteiger partial charge in [0.2, 0.25) is 10.5 Å². The van der Waals surface area contributed by atoms with Crippen LogP contribution < -0.4 is 0 Å². The highest BCUT2D eigenvalue weighted by molar-refractivity contribution is 6.69. The third-order valence-electron chi connectivity index (χ3n) is 10.7. The van der Waals surface area contributed by atoms with Crippen molar-refractivity contribution in [3.63, 3.8) is 0 Å². The first-order chi connectivity index (χ1) is 15.9. The summed E-state index contributed by atoms with van der Waals surface area (Å²) in [4.78, 5) is 11.8. The lowest BCUT2D eigenvalue weighted by Gasteiger charge is -2.60. The van der Waals surface area contributed by atoms with Crippen LogP contribution in [0.1, 0.15) is 78.6 Å². The van der Waals surface area contributed by atoms with Crippen LogP contribution in [-0.2, 0) is 18.4 Å². The zero-order chi connectivity index (χ0) is 24.9. The first kappa shape index (κ1) is 26.5. The fourth-order valence-electron chi connectivity index (χ4n) is 9.07. The van der Waals surface area contributed by atoms with Gasteiger partial charge in [0.1, 0.15) is 0 Å². The van der Waals surface area contributed by atoms with Gasteiger partial charge in [-0.3, -0.25) is 4.79 Å². The molecule has 4 aliphatic rings. The predicted molar refractivity (Wildman–Crippen MR) is 144 cm³/mol. The molecule has 6 heteroatoms. The maximum atomic E-state index is 11.8. The largest absolute Gasteiger partial charge is 0.556 e. The number of methoxy groups -OCH3 is 1. The van der Waals surface area contributed by atoms with Gasteiger partial charge in [-0.25, -0.2) is 0 Å². The van der Waals surface area contributed by atoms with Crippen LogP contribution in [0.3, 0.4) is 0 Å². The maximum absolute atomic E-state index is 11.8. The normalized spacial score (nSPS) is 42.7. The third-order valence-corrected chi connectivity index (χ3v) is 12.2. The minimum Gasteiger partial charge on any atom is -0.556 e. The van der Waals surface area contributed by atoms with Gasteiger partial charge in [0.25, 0.3) is 0 Å². The topological polar surface area (TPSA) is 44.8 Å². The zero-order valence-corrected chi connectivity index (χ0v) is 26.1. The fourth-order valence-corrected chi connectivity index (χ4v) is 10.7. The molecule has 0 saturated heterocycles. The summed E-state index contributed by atoms with van der Waals surface area (Å²) >= 11 is 0. The Kier molecular flexibility index (Phi) is 7.55. The highest BCUT2D eigenvalue weighted by Crippen LogP contribution is 2.68. The molecule has 0 aromatic heterocycles. The summed E-state index contributed by atoms with van der Waals surface area (Å²) in [6.07, 6.45) is 13.5. The van der Waals surface area contributed by atoms with Crippen LogP contribution in [0.2, 0.25) is 19.6 Å². The molecule has 0 heterocycles. The second-order valence-electron chi connectivity index (χ2n) is 13.6. The number of rotatable bonds is 7. The first-order valence-corrected chi connectivity index (χ1v) is 18.2. The molecule has 0 spiro atoms. The Morgan fingerprint density at radius 3 is 2.44 bits per heavy atom. The van der Waals surface area contributed by atoms with Crippen molar-refractivity contribution in [2.75, 3.05) is 7.11 Å². The molecule has 34 heavy (non-hydrogen) atoms. The molecule has 9 atom stereocenters. The maximum Gasteiger partial charge on any atom is 0.305 e. The Bertz CT molecular complexity index is 792. The van der Waals surface area contributed by atoms with Gasteiger partial charge >= 0.3 is 5.97 Å². The van der Waals surface area contributed by atoms with Gasteiger partial charge in [-0.05, 0) is 118 Å². The Morgan fingerprint density at radius 1 is 1.12 bits per heavy atom. The highest BCUT2D eigenvalue weighted by Gasteiger charge is 2.61. The Labute approximate surface area is 212 Å². The molecule has 0 aromatic rings. The number of carbonyl (C=O) groups excluding carboxylic acids is 1. The molecule has 0 aliphatic heterocycles. The second-order valence-corrected chi connectivity index (χ2v) is 18.4. The van der Waals surface area contributed by atoms with Gasteiger partial charge in [-0.1, -0.05) is 20.8 Å². The molecule has 0 aromatic carbocycles. The summed E-state index contributed by atoms with van der Waals surface area (Å²) in [5.74, 6) is 5.17. The summed E-state index contributed by atoms with van der Waals surface area (Å²) in [6, 6.07) is 0. The summed E-state index contributed by atoms with van der Waals surface area (Å²) in [5.41, 5.74) is 0.737. The predicted octanol–water partition coefficient (Wildman–Crippen LogP) is 5.86. The summed E-state index contributed by atoms with van der Waals surface area (Å²) < 4.78 is 17.9. The lowest BCUT2D eigenvalue weighted by atomic mass is 9.46. The molecule has 0 amide bonds. The number of fused-ring (bicyclic) bond motifs is 5. The Morgan fingerprint density at radius 2 is 1.79 bits per heavy atom. The van der Waals surface area contributed by atoms with E-state index < -0.39 is 8.32 Å². The van der Waals surface area contributed by atoms with E-state index in [4.69, 9.17) is 13.6 Å². The van der Waals surface area contributed by atoms with Gasteiger partial charge < -0.3 is 13.6 Å². The Hall–Kier alpha value is -0.596. The number of hydrogen-bond donors (Lipinski definition) is 0. The Balaban J connectivity index is 1.56. The summed E-state index contributed by atoms with van der Waals surface area (Å²) in [7, 11) is 0.754. The van der Waals surface area contributed by atoms with E-state index in [9.17, 15) is 4.79 Å². The van der Waals surface area contributed by atoms with Gasteiger partial charge in [-0.2, -0.15) is 0 Å². The average molecular weight is 507 g/mol. The zero-order valence-electron chi connectivity index (χ0n) is 23.1. The summed E-state index contributed by atoms with van der Waals surface area (Å²) in [5, 5.41) is 0. The van der Waals surface area contributed by atoms with Crippen LogP contribution in [0.5, 0.6) is 0 Å². The lowest BCUT2D eigenvalue weighted by Crippen LogP contribution is -2.54. The van der Waals surface area contributed by atoms with E-state index >= 15 is 0 Å². The number of allylic oxidation sites excluding steroid dienone is 2. The average Bonchev–Trinajstić information content (AvgIpc) is 3.13. The van der Waals surface area contributed by atoms with E-state index in [0.29, 0.717) is 52.9 Å². The van der Waals surface area contributed by atoms with E-state index in [1.54, 1.807) is 0 Å². The number of carbonyl (C=O) groups is 1. The van der Waals surface area contributed by atoms with E-state index in [0.717, 1.165) is 22.8 Å². The molecule has 0 radical (unpaired) electrons. The van der Waals surface area contributed by atoms with Crippen LogP contribution in [0.25, 0.3) is 0 Å². The van der Waals surface area contributed by atoms with Crippen molar-refractivity contribution in [3.8, 4) is 0 Å². The molecule has 1 unspecified atom stereocenters. The molecule has 0 N–H and O–H groups in total. The van der Waals surface area contributed by atoms with Crippen LogP contribution in [0, 0.1) is 46.3 Å². The van der Waals surface area contributed by atoms with E-state index in [2.05, 4.69) is 46.5 Å². The molecule has 0 bridgehead atoms. The van der Waals surface area contributed by atoms with E-state index in [1.165, 1.54) is 57.8 Å². The first-order valence-electron chi connectivity index (χ1n) is 13.9. The molecule has 4 aliphatic carbocycles. The molecule has 4 nitrogen and oxygen atoms in total. The van der Waals surface area contributed by atoms with Crippen molar-refractivity contribution in [2.45, 2.75) is 104 Å². The standard InChI is InChI=1S/C28H50O4Si2/c1-18(8-11-25(29)30-4)21-9-10-22-26-23(13-15-28(21,22)3)27(2)14-12-20(32-34(5,6)7)16-19(27)17-24(26)31-33/h17-23,26H,8-16H2,1-7,33H3/t18?,19-,20+,21+,22-,23-,26-,27-,28+/m0/s1. The van der Waals surface area contributed by atoms with Crippen LogP contribution >= 0.6 is 0 Å². The van der Waals surface area contributed by atoms with Crippen molar-refractivity contribution in [1.29, 1.82) is 0 Å². The van der Waals surface area contributed by atoms with Crippen molar-refractivity contribution in [3.05, 3.63) is 11.8 Å². The van der Waals surface area contributed by atoms with Gasteiger partial charge in [0, 0.05) is 18.4 Å². The quantitative estimate of drug-likeness (QED) is 0.321. The fraction of sp³-hybridized carbons (Fsp3) is 0.893. The second kappa shape index (κ2) is 9.70. The van der Waals surface area contributed by atoms with E-state index in [-0.39, 0.29) is 5.97 Å². The lowest BCUT2D eigenvalue weighted by molar-refractivity contribution is -0.141. The van der Waals surface area contributed by atoms with Crippen LogP contribution in [0.4, 0.5) is 0 Å². The molecular formula is C28H50O4Si2. The van der Waals surface area contributed by atoms with Crippen molar-refractivity contribution >= 4 is 24.8 Å². The number of esters is 1. The van der Waals surface area contributed by atoms with Gasteiger partial charge in [0.15, 0.2) is 8.32 Å². The number of ether oxygens (including phenoxy) is 1. The third kappa shape index (κ3) is 4.72. The minimum atomic E-state index is -1.52. The van der Waals surface area contributed by atoms with Crippen molar-refractivity contribution < 1.29 is 18.4 Å². The smallest absolute Gasteiger partial charge is 0.305 e. The van der Waals surface area contributed by atoms with Crippen LogP contribution in [-0.4, -0.2) is 38.0 Å². The molecule has 3 saturated carbocycles. The molecule has 4 rings (SSSR count). The monoisotopic (exact) mass is 506 g/mol. The molecule has 194 valence electrons. The highest BCUT2D eigenvalue weighted by atomic mass is 28.4. The van der Waals surface area contributed by atoms with Crippen molar-refractivity contribution in [2.24, 2.45) is 46.3 Å². The van der Waals surface area contributed by atoms with Gasteiger partial charge in [-0.15, -0.1) is 0 Å². The SMILES string of the molecule is COC(=O)CCC(C)[C@H]1CC[C@H]2[C@@H]3C(O[SiH3])=C[C@@H]4C[C@H](O[Si](C)(C)C)CC[C@]4(C)[C@H]3CC[C@]12C. The minimum absolute atomic E-state index is 0.0650. The molecular weight excluding hydrogens is 456 g/mol. The van der Waals surface area contributed by atoms with Crippen molar-refractivity contribution in [1.82, 2.24) is 0 Å². The van der Waals surface area contributed by atoms with Gasteiger partial charge in [0.05, 0.1) is 12.9 Å². The van der Waals surface area contributed by atoms with Crippen LogP contribution in [0.15, 0.2) is 11.8 Å². The number of hydrogen-bond acceptors (Lipinski definition) is 4.